The van der Waals surface area contributed by atoms with Crippen LogP contribution in [0.3, 0.4) is 0 Å². The first-order valence-electron chi connectivity index (χ1n) is 10.7. The number of amides is 1. The van der Waals surface area contributed by atoms with Crippen molar-refractivity contribution in [1.29, 1.82) is 0 Å². The van der Waals surface area contributed by atoms with E-state index >= 15 is 0 Å². The summed E-state index contributed by atoms with van der Waals surface area (Å²) in [5, 5.41) is 10.1. The summed E-state index contributed by atoms with van der Waals surface area (Å²) in [6, 6.07) is 7.76. The molecule has 0 saturated heterocycles. The number of aromatic amines is 1. The van der Waals surface area contributed by atoms with E-state index in [1.165, 1.54) is 44.9 Å². The standard InChI is InChI=1S/C22H34N4OS/c1-3-5-6-7-8-9-10-11-12-13-20(27)23-19-16-14-18(15-17-19)21-24-25-22(28)26(21)4-2/h14-17H,3-13H2,1-2H3,(H,23,27)(H,25,28). The molecule has 28 heavy (non-hydrogen) atoms. The quantitative estimate of drug-likeness (QED) is 0.297. The molecule has 0 fully saturated rings. The van der Waals surface area contributed by atoms with Crippen LogP contribution in [0.15, 0.2) is 24.3 Å². The van der Waals surface area contributed by atoms with Crippen molar-refractivity contribution in [2.24, 2.45) is 0 Å². The highest BCUT2D eigenvalue weighted by Crippen LogP contribution is 2.20. The van der Waals surface area contributed by atoms with Crippen LogP contribution < -0.4 is 5.32 Å². The van der Waals surface area contributed by atoms with Gasteiger partial charge in [-0.3, -0.25) is 9.89 Å². The molecule has 0 aliphatic rings. The first kappa shape index (κ1) is 22.3. The molecule has 2 rings (SSSR count). The Kier molecular flexibility index (Phi) is 9.97. The fourth-order valence-corrected chi connectivity index (χ4v) is 3.61. The lowest BCUT2D eigenvalue weighted by atomic mass is 10.1. The average Bonchev–Trinajstić information content (AvgIpc) is 3.07. The second kappa shape index (κ2) is 12.5. The Balaban J connectivity index is 1.68. The Labute approximate surface area is 173 Å². The van der Waals surface area contributed by atoms with Gasteiger partial charge in [-0.2, -0.15) is 5.10 Å². The number of anilines is 1. The van der Waals surface area contributed by atoms with Crippen molar-refractivity contribution in [3.05, 3.63) is 29.0 Å². The molecule has 0 saturated carbocycles. The number of H-pyrrole nitrogens is 1. The molecule has 5 nitrogen and oxygen atoms in total. The number of hydrogen-bond acceptors (Lipinski definition) is 3. The number of nitrogens with zero attached hydrogens (tertiary/aromatic N) is 2. The first-order chi connectivity index (χ1) is 13.7. The van der Waals surface area contributed by atoms with Crippen LogP contribution in [0, 0.1) is 4.77 Å². The maximum atomic E-state index is 12.1. The molecule has 0 unspecified atom stereocenters. The SMILES string of the molecule is CCCCCCCCCCCC(=O)Nc1ccc(-c2n[nH]c(=S)n2CC)cc1. The third-order valence-electron chi connectivity index (χ3n) is 5.01. The minimum Gasteiger partial charge on any atom is -0.326 e. The van der Waals surface area contributed by atoms with Gasteiger partial charge < -0.3 is 9.88 Å². The van der Waals surface area contributed by atoms with Crippen molar-refractivity contribution in [3.8, 4) is 11.4 Å². The van der Waals surface area contributed by atoms with Gasteiger partial charge in [-0.15, -0.1) is 0 Å². The normalized spacial score (nSPS) is 10.9. The van der Waals surface area contributed by atoms with Crippen molar-refractivity contribution in [2.75, 3.05) is 5.32 Å². The van der Waals surface area contributed by atoms with Gasteiger partial charge in [-0.25, -0.2) is 0 Å². The van der Waals surface area contributed by atoms with Gasteiger partial charge in [0.15, 0.2) is 10.6 Å². The molecule has 0 radical (unpaired) electrons. The van der Waals surface area contributed by atoms with Crippen LogP contribution in [0.5, 0.6) is 0 Å². The van der Waals surface area contributed by atoms with E-state index in [-0.39, 0.29) is 5.91 Å². The van der Waals surface area contributed by atoms with Gasteiger partial charge in [0.25, 0.3) is 0 Å². The summed E-state index contributed by atoms with van der Waals surface area (Å²) in [5.74, 6) is 0.909. The number of nitrogens with one attached hydrogen (secondary N) is 2. The third kappa shape index (κ3) is 7.23. The fraction of sp³-hybridized carbons (Fsp3) is 0.591. The fourth-order valence-electron chi connectivity index (χ4n) is 3.35. The summed E-state index contributed by atoms with van der Waals surface area (Å²) in [6.45, 7) is 5.05. The zero-order valence-corrected chi connectivity index (χ0v) is 18.1. The molecule has 0 bridgehead atoms. The van der Waals surface area contributed by atoms with Crippen LogP contribution >= 0.6 is 12.2 Å². The maximum absolute atomic E-state index is 12.1. The highest BCUT2D eigenvalue weighted by Gasteiger charge is 2.08. The zero-order valence-electron chi connectivity index (χ0n) is 17.3. The molecule has 2 aromatic rings. The van der Waals surface area contributed by atoms with Gasteiger partial charge in [0.2, 0.25) is 5.91 Å². The van der Waals surface area contributed by atoms with Gasteiger partial charge in [-0.05, 0) is 49.8 Å². The second-order valence-electron chi connectivity index (χ2n) is 7.30. The largest absolute Gasteiger partial charge is 0.326 e. The van der Waals surface area contributed by atoms with Gasteiger partial charge >= 0.3 is 0 Å². The van der Waals surface area contributed by atoms with E-state index in [1.807, 2.05) is 35.8 Å². The summed E-state index contributed by atoms with van der Waals surface area (Å²) in [7, 11) is 0. The van der Waals surface area contributed by atoms with E-state index < -0.39 is 0 Å². The predicted octanol–water partition coefficient (Wildman–Crippen LogP) is 6.49. The number of hydrogen-bond donors (Lipinski definition) is 2. The molecule has 1 amide bonds. The molecular weight excluding hydrogens is 368 g/mol. The molecule has 154 valence electrons. The van der Waals surface area contributed by atoms with Gasteiger partial charge in [-0.1, -0.05) is 58.3 Å². The van der Waals surface area contributed by atoms with Crippen molar-refractivity contribution >= 4 is 23.8 Å². The highest BCUT2D eigenvalue weighted by molar-refractivity contribution is 7.71. The molecule has 6 heteroatoms. The van der Waals surface area contributed by atoms with E-state index in [4.69, 9.17) is 12.2 Å². The number of carbonyl (C=O) groups excluding carboxylic acids is 1. The molecule has 0 atom stereocenters. The molecule has 1 aromatic heterocycles. The summed E-state index contributed by atoms with van der Waals surface area (Å²) < 4.78 is 2.57. The van der Waals surface area contributed by atoms with Crippen LogP contribution in [0.1, 0.15) is 78.1 Å². The third-order valence-corrected chi connectivity index (χ3v) is 5.32. The summed E-state index contributed by atoms with van der Waals surface area (Å²) in [6.07, 6.45) is 11.9. The number of carbonyl (C=O) groups is 1. The Morgan fingerprint density at radius 2 is 1.61 bits per heavy atom. The van der Waals surface area contributed by atoms with Crippen LogP contribution in [0.2, 0.25) is 0 Å². The maximum Gasteiger partial charge on any atom is 0.224 e. The molecule has 1 aromatic carbocycles. The Bertz CT molecular complexity index is 764. The van der Waals surface area contributed by atoms with E-state index in [0.717, 1.165) is 36.5 Å². The number of rotatable bonds is 13. The first-order valence-corrected chi connectivity index (χ1v) is 11.1. The second-order valence-corrected chi connectivity index (χ2v) is 7.69. The lowest BCUT2D eigenvalue weighted by Crippen LogP contribution is -2.11. The van der Waals surface area contributed by atoms with E-state index in [9.17, 15) is 4.79 Å². The van der Waals surface area contributed by atoms with Crippen molar-refractivity contribution in [2.45, 2.75) is 84.6 Å². The molecule has 0 aliphatic heterocycles. The van der Waals surface area contributed by atoms with Gasteiger partial charge in [0, 0.05) is 24.2 Å². The van der Waals surface area contributed by atoms with Crippen molar-refractivity contribution in [1.82, 2.24) is 14.8 Å². The minimum atomic E-state index is 0.0898. The number of benzene rings is 1. The molecular formula is C22H34N4OS. The Morgan fingerprint density at radius 1 is 1.00 bits per heavy atom. The molecule has 1 heterocycles. The Morgan fingerprint density at radius 3 is 2.21 bits per heavy atom. The zero-order chi connectivity index (χ0) is 20.2. The molecule has 0 aliphatic carbocycles. The van der Waals surface area contributed by atoms with E-state index in [2.05, 4.69) is 22.4 Å². The van der Waals surface area contributed by atoms with Gasteiger partial charge in [0.05, 0.1) is 0 Å². The minimum absolute atomic E-state index is 0.0898. The van der Waals surface area contributed by atoms with Crippen LogP contribution in [0.25, 0.3) is 11.4 Å². The van der Waals surface area contributed by atoms with Crippen molar-refractivity contribution in [3.63, 3.8) is 0 Å². The summed E-state index contributed by atoms with van der Waals surface area (Å²) >= 11 is 5.23. The lowest BCUT2D eigenvalue weighted by Gasteiger charge is -2.07. The monoisotopic (exact) mass is 402 g/mol. The molecule has 2 N–H and O–H groups in total. The smallest absolute Gasteiger partial charge is 0.224 e. The van der Waals surface area contributed by atoms with Crippen molar-refractivity contribution < 1.29 is 4.79 Å². The number of unbranched alkanes of at least 4 members (excludes halogenated alkanes) is 8. The Hall–Kier alpha value is -1.95. The highest BCUT2D eigenvalue weighted by atomic mass is 32.1. The van der Waals surface area contributed by atoms with Crippen LogP contribution in [-0.4, -0.2) is 20.7 Å². The van der Waals surface area contributed by atoms with Gasteiger partial charge in [0.1, 0.15) is 0 Å². The average molecular weight is 403 g/mol. The lowest BCUT2D eigenvalue weighted by molar-refractivity contribution is -0.116. The van der Waals surface area contributed by atoms with E-state index in [1.54, 1.807) is 0 Å². The van der Waals surface area contributed by atoms with Crippen LogP contribution in [0.4, 0.5) is 5.69 Å². The molecule has 0 spiro atoms. The summed E-state index contributed by atoms with van der Waals surface area (Å²) in [5.41, 5.74) is 1.80. The topological polar surface area (TPSA) is 62.7 Å². The van der Waals surface area contributed by atoms with Crippen LogP contribution in [-0.2, 0) is 11.3 Å². The summed E-state index contributed by atoms with van der Waals surface area (Å²) in [4.78, 5) is 12.1. The number of aromatic nitrogens is 3. The van der Waals surface area contributed by atoms with E-state index in [0.29, 0.717) is 11.2 Å². The predicted molar refractivity (Wildman–Crippen MR) is 119 cm³/mol.